The summed E-state index contributed by atoms with van der Waals surface area (Å²) in [6, 6.07) is 7.60. The highest BCUT2D eigenvalue weighted by Gasteiger charge is 2.16. The Morgan fingerprint density at radius 2 is 1.88 bits per heavy atom. The molecule has 0 heterocycles. The predicted octanol–water partition coefficient (Wildman–Crippen LogP) is 3.43. The first-order valence-corrected chi connectivity index (χ1v) is 5.68. The minimum Gasteiger partial charge on any atom is -0.481 e. The third-order valence-electron chi connectivity index (χ3n) is 2.47. The van der Waals surface area contributed by atoms with Crippen molar-refractivity contribution >= 4 is 17.6 Å². The molecule has 0 aliphatic heterocycles. The second-order valence-electron chi connectivity index (χ2n) is 4.70. The molecule has 0 aliphatic carbocycles. The Hall–Kier alpha value is -1.02. The molecule has 88 valence electrons. The summed E-state index contributed by atoms with van der Waals surface area (Å²) in [4.78, 5) is 10.5. The number of aliphatic carboxylic acids is 1. The standard InChI is InChI=1S/C13H17ClO2/c1-9(12(15)16)11-6-4-10(5-7-11)8-13(2,3)14/h4-7,9H,8H2,1-3H3,(H,15,16). The molecule has 1 atom stereocenters. The molecular weight excluding hydrogens is 224 g/mol. The van der Waals surface area contributed by atoms with Crippen molar-refractivity contribution in [1.29, 1.82) is 0 Å². The Morgan fingerprint density at radius 3 is 2.25 bits per heavy atom. The molecule has 0 amide bonds. The van der Waals surface area contributed by atoms with Crippen molar-refractivity contribution in [1.82, 2.24) is 0 Å². The van der Waals surface area contributed by atoms with Gasteiger partial charge in [-0.05, 0) is 38.3 Å². The summed E-state index contributed by atoms with van der Waals surface area (Å²) >= 11 is 6.13. The van der Waals surface area contributed by atoms with Crippen molar-refractivity contribution < 1.29 is 9.90 Å². The summed E-state index contributed by atoms with van der Waals surface area (Å²) in [5, 5.41) is 8.87. The maximum Gasteiger partial charge on any atom is 0.310 e. The van der Waals surface area contributed by atoms with E-state index < -0.39 is 11.9 Å². The second-order valence-corrected chi connectivity index (χ2v) is 5.72. The Balaban J connectivity index is 2.79. The molecular formula is C13H17ClO2. The molecule has 0 spiro atoms. The van der Waals surface area contributed by atoms with Crippen molar-refractivity contribution in [2.45, 2.75) is 38.0 Å². The van der Waals surface area contributed by atoms with Crippen molar-refractivity contribution in [2.75, 3.05) is 0 Å². The Labute approximate surface area is 101 Å². The maximum absolute atomic E-state index is 10.8. The van der Waals surface area contributed by atoms with Gasteiger partial charge in [0.2, 0.25) is 0 Å². The lowest BCUT2D eigenvalue weighted by Gasteiger charge is -2.16. The molecule has 1 N–H and O–H groups in total. The van der Waals surface area contributed by atoms with Crippen LogP contribution in [0.5, 0.6) is 0 Å². The van der Waals surface area contributed by atoms with Crippen LogP contribution in [-0.2, 0) is 11.2 Å². The number of hydrogen-bond donors (Lipinski definition) is 1. The quantitative estimate of drug-likeness (QED) is 0.819. The third-order valence-corrected chi connectivity index (χ3v) is 2.61. The highest BCUT2D eigenvalue weighted by atomic mass is 35.5. The molecule has 0 radical (unpaired) electrons. The SMILES string of the molecule is CC(C(=O)O)c1ccc(CC(C)(C)Cl)cc1. The summed E-state index contributed by atoms with van der Waals surface area (Å²) in [6.07, 6.45) is 0.774. The van der Waals surface area contributed by atoms with Gasteiger partial charge in [-0.2, -0.15) is 0 Å². The van der Waals surface area contributed by atoms with Gasteiger partial charge in [-0.1, -0.05) is 24.3 Å². The Kier molecular flexibility index (Phi) is 3.98. The highest BCUT2D eigenvalue weighted by molar-refractivity contribution is 6.23. The molecule has 0 saturated carbocycles. The zero-order valence-corrected chi connectivity index (χ0v) is 10.6. The van der Waals surface area contributed by atoms with Gasteiger partial charge in [-0.25, -0.2) is 0 Å². The number of rotatable bonds is 4. The van der Waals surface area contributed by atoms with Crippen LogP contribution in [0.3, 0.4) is 0 Å². The summed E-state index contributed by atoms with van der Waals surface area (Å²) < 4.78 is 0. The molecule has 0 aromatic heterocycles. The van der Waals surface area contributed by atoms with E-state index in [-0.39, 0.29) is 4.87 Å². The average molecular weight is 241 g/mol. The van der Waals surface area contributed by atoms with Crippen LogP contribution in [0.15, 0.2) is 24.3 Å². The Morgan fingerprint density at radius 1 is 1.38 bits per heavy atom. The van der Waals surface area contributed by atoms with E-state index >= 15 is 0 Å². The normalized spacial score (nSPS) is 13.5. The molecule has 1 rings (SSSR count). The van der Waals surface area contributed by atoms with E-state index in [1.165, 1.54) is 0 Å². The first-order chi connectivity index (χ1) is 7.29. The van der Waals surface area contributed by atoms with Gasteiger partial charge in [0.1, 0.15) is 0 Å². The second kappa shape index (κ2) is 4.88. The number of benzene rings is 1. The number of halogens is 1. The molecule has 0 fully saturated rings. The molecule has 1 aromatic carbocycles. The molecule has 0 saturated heterocycles. The number of carboxylic acids is 1. The topological polar surface area (TPSA) is 37.3 Å². The molecule has 0 aliphatic rings. The largest absolute Gasteiger partial charge is 0.481 e. The fourth-order valence-corrected chi connectivity index (χ4v) is 1.71. The van der Waals surface area contributed by atoms with Crippen molar-refractivity contribution in [3.63, 3.8) is 0 Å². The fraction of sp³-hybridized carbons (Fsp3) is 0.462. The van der Waals surface area contributed by atoms with E-state index in [1.807, 2.05) is 38.1 Å². The van der Waals surface area contributed by atoms with Crippen molar-refractivity contribution in [2.24, 2.45) is 0 Å². The number of carboxylic acid groups (broad SMARTS) is 1. The number of carbonyl (C=O) groups is 1. The van der Waals surface area contributed by atoms with Gasteiger partial charge in [-0.15, -0.1) is 11.6 Å². The first kappa shape index (κ1) is 13.0. The van der Waals surface area contributed by atoms with Crippen molar-refractivity contribution in [3.8, 4) is 0 Å². The van der Waals surface area contributed by atoms with Crippen LogP contribution < -0.4 is 0 Å². The van der Waals surface area contributed by atoms with Crippen LogP contribution in [-0.4, -0.2) is 16.0 Å². The van der Waals surface area contributed by atoms with Gasteiger partial charge < -0.3 is 5.11 Å². The van der Waals surface area contributed by atoms with Gasteiger partial charge in [-0.3, -0.25) is 4.79 Å². The van der Waals surface area contributed by atoms with Crippen molar-refractivity contribution in [3.05, 3.63) is 35.4 Å². The maximum atomic E-state index is 10.8. The predicted molar refractivity (Wildman–Crippen MR) is 66.1 cm³/mol. The van der Waals surface area contributed by atoms with E-state index in [2.05, 4.69) is 0 Å². The summed E-state index contributed by atoms with van der Waals surface area (Å²) in [7, 11) is 0. The van der Waals surface area contributed by atoms with Crippen LogP contribution in [0.1, 0.15) is 37.8 Å². The minimum atomic E-state index is -0.801. The monoisotopic (exact) mass is 240 g/mol. The summed E-state index contributed by atoms with van der Waals surface area (Å²) in [5.41, 5.74) is 1.95. The van der Waals surface area contributed by atoms with Crippen LogP contribution >= 0.6 is 11.6 Å². The first-order valence-electron chi connectivity index (χ1n) is 5.30. The number of alkyl halides is 1. The van der Waals surface area contributed by atoms with Gasteiger partial charge in [0.25, 0.3) is 0 Å². The van der Waals surface area contributed by atoms with Crippen LogP contribution in [0.4, 0.5) is 0 Å². The number of hydrogen-bond acceptors (Lipinski definition) is 1. The molecule has 1 unspecified atom stereocenters. The van der Waals surface area contributed by atoms with Gasteiger partial charge in [0.15, 0.2) is 0 Å². The Bertz CT molecular complexity index is 363. The van der Waals surface area contributed by atoms with E-state index in [0.717, 1.165) is 17.5 Å². The van der Waals surface area contributed by atoms with Gasteiger partial charge in [0.05, 0.1) is 5.92 Å². The zero-order chi connectivity index (χ0) is 12.3. The van der Waals surface area contributed by atoms with E-state index in [0.29, 0.717) is 0 Å². The van der Waals surface area contributed by atoms with Crippen LogP contribution in [0, 0.1) is 0 Å². The molecule has 16 heavy (non-hydrogen) atoms. The fourth-order valence-electron chi connectivity index (χ4n) is 1.55. The lowest BCUT2D eigenvalue weighted by Crippen LogP contribution is -2.14. The van der Waals surface area contributed by atoms with E-state index in [4.69, 9.17) is 16.7 Å². The van der Waals surface area contributed by atoms with E-state index in [9.17, 15) is 4.79 Å². The lowest BCUT2D eigenvalue weighted by atomic mass is 9.96. The molecule has 1 aromatic rings. The lowest BCUT2D eigenvalue weighted by molar-refractivity contribution is -0.138. The summed E-state index contributed by atoms with van der Waals surface area (Å²) in [5.74, 6) is -1.26. The van der Waals surface area contributed by atoms with Gasteiger partial charge >= 0.3 is 5.97 Å². The van der Waals surface area contributed by atoms with Crippen LogP contribution in [0.25, 0.3) is 0 Å². The highest BCUT2D eigenvalue weighted by Crippen LogP contribution is 2.22. The smallest absolute Gasteiger partial charge is 0.310 e. The van der Waals surface area contributed by atoms with Gasteiger partial charge in [0, 0.05) is 4.87 Å². The average Bonchev–Trinajstić information content (AvgIpc) is 2.15. The third kappa shape index (κ3) is 3.86. The minimum absolute atomic E-state index is 0.264. The van der Waals surface area contributed by atoms with E-state index in [1.54, 1.807) is 6.92 Å². The summed E-state index contributed by atoms with van der Waals surface area (Å²) in [6.45, 7) is 5.60. The molecule has 3 heteroatoms. The van der Waals surface area contributed by atoms with Crippen LogP contribution in [0.2, 0.25) is 0 Å². The molecule has 2 nitrogen and oxygen atoms in total. The molecule has 0 bridgehead atoms. The zero-order valence-electron chi connectivity index (χ0n) is 9.83.